The van der Waals surface area contributed by atoms with Crippen molar-refractivity contribution in [3.8, 4) is 5.75 Å². The second-order valence-electron chi connectivity index (χ2n) is 5.57. The van der Waals surface area contributed by atoms with Crippen LogP contribution >= 0.6 is 11.6 Å². The highest BCUT2D eigenvalue weighted by Gasteiger charge is 2.23. The molecule has 0 saturated carbocycles. The minimum atomic E-state index is -0.715. The van der Waals surface area contributed by atoms with Crippen LogP contribution in [0.1, 0.15) is 55.7 Å². The van der Waals surface area contributed by atoms with Crippen LogP contribution in [0.5, 0.6) is 5.75 Å². The van der Waals surface area contributed by atoms with Gasteiger partial charge in [0.1, 0.15) is 5.75 Å². The van der Waals surface area contributed by atoms with E-state index in [-0.39, 0.29) is 12.5 Å². The zero-order valence-corrected chi connectivity index (χ0v) is 14.2. The van der Waals surface area contributed by atoms with Crippen molar-refractivity contribution >= 4 is 11.6 Å². The van der Waals surface area contributed by atoms with Gasteiger partial charge in [0.2, 0.25) is 0 Å². The smallest absolute Gasteiger partial charge is 0.126 e. The maximum Gasteiger partial charge on any atom is 0.126 e. The van der Waals surface area contributed by atoms with Crippen molar-refractivity contribution in [3.05, 3.63) is 27.8 Å². The normalized spacial score (nSPS) is 14.0. The van der Waals surface area contributed by atoms with Gasteiger partial charge in [0.15, 0.2) is 0 Å². The summed E-state index contributed by atoms with van der Waals surface area (Å²) in [7, 11) is 0. The highest BCUT2D eigenvalue weighted by molar-refractivity contribution is 6.31. The Morgan fingerprint density at radius 2 is 1.95 bits per heavy atom. The number of hydrogen-bond acceptors (Lipinski definition) is 3. The van der Waals surface area contributed by atoms with E-state index in [1.54, 1.807) is 0 Å². The lowest BCUT2D eigenvalue weighted by atomic mass is 9.86. The molecule has 0 fully saturated rings. The van der Waals surface area contributed by atoms with Crippen LogP contribution in [0.2, 0.25) is 5.02 Å². The summed E-state index contributed by atoms with van der Waals surface area (Å²) in [5.74, 6) is 1.01. The molecular weight excluding hydrogens is 288 g/mol. The van der Waals surface area contributed by atoms with E-state index < -0.39 is 6.10 Å². The maximum absolute atomic E-state index is 9.79. The molecule has 0 radical (unpaired) electrons. The minimum absolute atomic E-state index is 0.122. The van der Waals surface area contributed by atoms with Gasteiger partial charge >= 0.3 is 0 Å². The standard InChI is InChI=1S/C17H27ClO3/c1-5-7-21-17-11(3)8-15(18)12(4)16(17)13(6-2)9-14(20)10-19/h8,13-14,19-20H,5-7,9-10H2,1-4H3. The van der Waals surface area contributed by atoms with Crippen LogP contribution < -0.4 is 4.74 Å². The molecule has 2 atom stereocenters. The highest BCUT2D eigenvalue weighted by Crippen LogP contribution is 2.40. The summed E-state index contributed by atoms with van der Waals surface area (Å²) in [4.78, 5) is 0. The second kappa shape index (κ2) is 8.62. The van der Waals surface area contributed by atoms with Gasteiger partial charge in [-0.15, -0.1) is 0 Å². The van der Waals surface area contributed by atoms with Crippen molar-refractivity contribution in [2.75, 3.05) is 13.2 Å². The molecule has 1 aromatic carbocycles. The maximum atomic E-state index is 9.79. The van der Waals surface area contributed by atoms with Gasteiger partial charge in [-0.3, -0.25) is 0 Å². The van der Waals surface area contributed by atoms with Gasteiger partial charge < -0.3 is 14.9 Å². The van der Waals surface area contributed by atoms with Crippen LogP contribution in [0, 0.1) is 13.8 Å². The van der Waals surface area contributed by atoms with Crippen LogP contribution in [-0.2, 0) is 0 Å². The Bertz CT molecular complexity index is 460. The first-order valence-electron chi connectivity index (χ1n) is 7.67. The lowest BCUT2D eigenvalue weighted by Crippen LogP contribution is -2.18. The number of aliphatic hydroxyl groups excluding tert-OH is 2. The molecule has 21 heavy (non-hydrogen) atoms. The van der Waals surface area contributed by atoms with Crippen molar-refractivity contribution in [2.45, 2.75) is 59.0 Å². The average molecular weight is 315 g/mol. The quantitative estimate of drug-likeness (QED) is 0.763. The fourth-order valence-corrected chi connectivity index (χ4v) is 2.92. The van der Waals surface area contributed by atoms with E-state index in [4.69, 9.17) is 21.4 Å². The van der Waals surface area contributed by atoms with Gasteiger partial charge in [-0.1, -0.05) is 25.4 Å². The van der Waals surface area contributed by atoms with Crippen LogP contribution in [-0.4, -0.2) is 29.5 Å². The number of aryl methyl sites for hydroxylation is 1. The molecule has 0 heterocycles. The molecule has 0 spiro atoms. The molecule has 0 amide bonds. The fourth-order valence-electron chi connectivity index (χ4n) is 2.65. The average Bonchev–Trinajstić information content (AvgIpc) is 2.47. The Morgan fingerprint density at radius 1 is 1.29 bits per heavy atom. The van der Waals surface area contributed by atoms with Crippen LogP contribution in [0.15, 0.2) is 6.07 Å². The molecule has 1 rings (SSSR count). The summed E-state index contributed by atoms with van der Waals surface area (Å²) in [6.45, 7) is 8.58. The highest BCUT2D eigenvalue weighted by atomic mass is 35.5. The molecule has 0 saturated heterocycles. The first kappa shape index (κ1) is 18.3. The van der Waals surface area contributed by atoms with E-state index >= 15 is 0 Å². The Hall–Kier alpha value is -0.770. The predicted octanol–water partition coefficient (Wildman–Crippen LogP) is 3.98. The fraction of sp³-hybridized carbons (Fsp3) is 0.647. The summed E-state index contributed by atoms with van der Waals surface area (Å²) in [6.07, 6.45) is 1.60. The third kappa shape index (κ3) is 4.60. The first-order valence-corrected chi connectivity index (χ1v) is 8.05. The molecule has 3 nitrogen and oxygen atoms in total. The molecule has 0 aromatic heterocycles. The largest absolute Gasteiger partial charge is 0.493 e. The number of ether oxygens (including phenoxy) is 1. The second-order valence-corrected chi connectivity index (χ2v) is 5.98. The molecule has 0 aliphatic carbocycles. The van der Waals surface area contributed by atoms with Crippen LogP contribution in [0.4, 0.5) is 0 Å². The van der Waals surface area contributed by atoms with Gasteiger partial charge in [0, 0.05) is 10.6 Å². The molecule has 2 unspecified atom stereocenters. The van der Waals surface area contributed by atoms with Gasteiger partial charge in [-0.2, -0.15) is 0 Å². The Balaban J connectivity index is 3.27. The monoisotopic (exact) mass is 314 g/mol. The zero-order chi connectivity index (χ0) is 16.0. The molecule has 0 bridgehead atoms. The Labute approximate surface area is 132 Å². The summed E-state index contributed by atoms with van der Waals surface area (Å²) < 4.78 is 5.95. The number of aliphatic hydroxyl groups is 2. The SMILES string of the molecule is CCCOc1c(C)cc(Cl)c(C)c1C(CC)CC(O)CO. The topological polar surface area (TPSA) is 49.7 Å². The van der Waals surface area contributed by atoms with Crippen LogP contribution in [0.3, 0.4) is 0 Å². The van der Waals surface area contributed by atoms with Crippen molar-refractivity contribution in [1.82, 2.24) is 0 Å². The van der Waals surface area contributed by atoms with Crippen molar-refractivity contribution in [3.63, 3.8) is 0 Å². The van der Waals surface area contributed by atoms with E-state index in [1.165, 1.54) is 0 Å². The van der Waals surface area contributed by atoms with Crippen molar-refractivity contribution in [2.24, 2.45) is 0 Å². The summed E-state index contributed by atoms with van der Waals surface area (Å²) in [6, 6.07) is 1.93. The molecule has 1 aromatic rings. The molecule has 0 aliphatic rings. The molecule has 2 N–H and O–H groups in total. The van der Waals surface area contributed by atoms with E-state index in [2.05, 4.69) is 13.8 Å². The lowest BCUT2D eigenvalue weighted by molar-refractivity contribution is 0.0814. The number of hydrogen-bond donors (Lipinski definition) is 2. The van der Waals surface area contributed by atoms with Gasteiger partial charge in [0.25, 0.3) is 0 Å². The molecular formula is C17H27ClO3. The first-order chi connectivity index (χ1) is 9.96. The zero-order valence-electron chi connectivity index (χ0n) is 13.4. The predicted molar refractivity (Wildman–Crippen MR) is 87.5 cm³/mol. The minimum Gasteiger partial charge on any atom is -0.493 e. The van der Waals surface area contributed by atoms with E-state index in [9.17, 15) is 5.11 Å². The van der Waals surface area contributed by atoms with Crippen LogP contribution in [0.25, 0.3) is 0 Å². The summed E-state index contributed by atoms with van der Waals surface area (Å²) in [5.41, 5.74) is 3.10. The van der Waals surface area contributed by atoms with Gasteiger partial charge in [0.05, 0.1) is 19.3 Å². The molecule has 4 heteroatoms. The molecule has 120 valence electrons. The Morgan fingerprint density at radius 3 is 2.48 bits per heavy atom. The number of halogens is 1. The van der Waals surface area contributed by atoms with E-state index in [0.717, 1.165) is 40.3 Å². The van der Waals surface area contributed by atoms with Crippen molar-refractivity contribution in [1.29, 1.82) is 0 Å². The van der Waals surface area contributed by atoms with E-state index in [0.29, 0.717) is 13.0 Å². The number of benzene rings is 1. The summed E-state index contributed by atoms with van der Waals surface area (Å²) >= 11 is 6.33. The van der Waals surface area contributed by atoms with Gasteiger partial charge in [-0.05, 0) is 56.2 Å². The van der Waals surface area contributed by atoms with E-state index in [1.807, 2.05) is 19.9 Å². The third-order valence-corrected chi connectivity index (χ3v) is 4.22. The lowest BCUT2D eigenvalue weighted by Gasteiger charge is -2.25. The molecule has 0 aliphatic heterocycles. The number of rotatable bonds is 8. The van der Waals surface area contributed by atoms with Crippen molar-refractivity contribution < 1.29 is 14.9 Å². The van der Waals surface area contributed by atoms with Gasteiger partial charge in [-0.25, -0.2) is 0 Å². The summed E-state index contributed by atoms with van der Waals surface area (Å²) in [5, 5.41) is 19.6. The Kier molecular flexibility index (Phi) is 7.50. The third-order valence-electron chi connectivity index (χ3n) is 3.83.